The first-order chi connectivity index (χ1) is 13.3. The van der Waals surface area contributed by atoms with Crippen molar-refractivity contribution >= 4 is 29.9 Å². The lowest BCUT2D eigenvalue weighted by atomic mass is 10.1. The lowest BCUT2D eigenvalue weighted by molar-refractivity contribution is -0.0320. The molecule has 1 fully saturated rings. The molecule has 28 heavy (non-hydrogen) atoms. The van der Waals surface area contributed by atoms with Crippen molar-refractivity contribution < 1.29 is 14.2 Å². The first-order valence-corrected chi connectivity index (χ1v) is 10.0. The van der Waals surface area contributed by atoms with Crippen molar-refractivity contribution in [3.8, 4) is 0 Å². The van der Waals surface area contributed by atoms with Gasteiger partial charge in [0.25, 0.3) is 0 Å². The topological polar surface area (TPSA) is 64.1 Å². The number of guanidine groups is 1. The summed E-state index contributed by atoms with van der Waals surface area (Å²) in [7, 11) is 1.80. The zero-order valence-corrected chi connectivity index (χ0v) is 19.5. The second kappa shape index (κ2) is 16.0. The monoisotopic (exact) mass is 505 g/mol. The summed E-state index contributed by atoms with van der Waals surface area (Å²) in [6.45, 7) is 7.66. The maximum Gasteiger partial charge on any atom is 0.190 e. The molecule has 0 spiro atoms. The van der Waals surface area contributed by atoms with Crippen LogP contribution in [0, 0.1) is 5.92 Å². The Hall–Kier alpha value is -0.900. The standard InChI is InChI=1S/C21H35N3O3.HI/c1-18(16-26-17-19-7-4-3-5-8-19)15-24-21(22-2)23-11-6-12-27-20-9-13-25-14-10-20;/h3-5,7-8,18,20H,6,9-17H2,1-2H3,(H2,22,23,24);1H. The summed E-state index contributed by atoms with van der Waals surface area (Å²) >= 11 is 0. The third kappa shape index (κ3) is 11.2. The van der Waals surface area contributed by atoms with Crippen LogP contribution in [0.15, 0.2) is 35.3 Å². The van der Waals surface area contributed by atoms with Gasteiger partial charge < -0.3 is 24.8 Å². The minimum Gasteiger partial charge on any atom is -0.381 e. The third-order valence-electron chi connectivity index (χ3n) is 4.49. The van der Waals surface area contributed by atoms with Crippen LogP contribution in [0.3, 0.4) is 0 Å². The number of halogens is 1. The van der Waals surface area contributed by atoms with Gasteiger partial charge in [-0.15, -0.1) is 24.0 Å². The number of hydrogen-bond acceptors (Lipinski definition) is 4. The van der Waals surface area contributed by atoms with E-state index in [4.69, 9.17) is 14.2 Å². The summed E-state index contributed by atoms with van der Waals surface area (Å²) in [6, 6.07) is 10.3. The van der Waals surface area contributed by atoms with Crippen LogP contribution in [0.1, 0.15) is 31.7 Å². The minimum absolute atomic E-state index is 0. The lowest BCUT2D eigenvalue weighted by Crippen LogP contribution is -2.40. The fourth-order valence-corrected chi connectivity index (χ4v) is 2.87. The summed E-state index contributed by atoms with van der Waals surface area (Å²) in [5.74, 6) is 1.24. The largest absolute Gasteiger partial charge is 0.381 e. The van der Waals surface area contributed by atoms with Crippen molar-refractivity contribution in [1.29, 1.82) is 0 Å². The maximum atomic E-state index is 5.88. The molecule has 160 valence electrons. The molecule has 1 aliphatic rings. The number of hydrogen-bond donors (Lipinski definition) is 2. The molecule has 0 bridgehead atoms. The average Bonchev–Trinajstić information content (AvgIpc) is 2.71. The van der Waals surface area contributed by atoms with Crippen LogP contribution < -0.4 is 10.6 Å². The predicted molar refractivity (Wildman–Crippen MR) is 124 cm³/mol. The molecule has 1 aliphatic heterocycles. The van der Waals surface area contributed by atoms with E-state index < -0.39 is 0 Å². The Balaban J connectivity index is 0.00000392. The van der Waals surface area contributed by atoms with Gasteiger partial charge in [-0.2, -0.15) is 0 Å². The molecule has 1 aromatic rings. The van der Waals surface area contributed by atoms with E-state index in [1.807, 2.05) is 18.2 Å². The molecule has 0 aromatic heterocycles. The molecule has 1 heterocycles. The molecule has 0 radical (unpaired) electrons. The predicted octanol–water partition coefficient (Wildman–Crippen LogP) is 3.21. The van der Waals surface area contributed by atoms with Crippen molar-refractivity contribution in [2.24, 2.45) is 10.9 Å². The quantitative estimate of drug-likeness (QED) is 0.209. The van der Waals surface area contributed by atoms with Gasteiger partial charge in [0, 0.05) is 40.0 Å². The second-order valence-corrected chi connectivity index (χ2v) is 7.02. The zero-order valence-electron chi connectivity index (χ0n) is 17.2. The van der Waals surface area contributed by atoms with E-state index in [0.29, 0.717) is 18.6 Å². The zero-order chi connectivity index (χ0) is 19.2. The van der Waals surface area contributed by atoms with Gasteiger partial charge in [0.2, 0.25) is 0 Å². The normalized spacial score (nSPS) is 16.3. The number of nitrogens with one attached hydrogen (secondary N) is 2. The highest BCUT2D eigenvalue weighted by Gasteiger charge is 2.13. The van der Waals surface area contributed by atoms with E-state index in [2.05, 4.69) is 34.7 Å². The summed E-state index contributed by atoms with van der Waals surface area (Å²) in [5, 5.41) is 6.70. The van der Waals surface area contributed by atoms with Crippen molar-refractivity contribution in [1.82, 2.24) is 10.6 Å². The molecule has 7 heteroatoms. The first-order valence-electron chi connectivity index (χ1n) is 10.0. The summed E-state index contributed by atoms with van der Waals surface area (Å²) in [4.78, 5) is 4.27. The van der Waals surface area contributed by atoms with Crippen LogP contribution in [0.25, 0.3) is 0 Å². The van der Waals surface area contributed by atoms with Gasteiger partial charge in [-0.25, -0.2) is 0 Å². The third-order valence-corrected chi connectivity index (χ3v) is 4.49. The number of nitrogens with zero attached hydrogens (tertiary/aromatic N) is 1. The van der Waals surface area contributed by atoms with Crippen LogP contribution in [-0.2, 0) is 20.8 Å². The first kappa shape index (κ1) is 25.1. The number of ether oxygens (including phenoxy) is 3. The molecule has 2 rings (SSSR count). The fraction of sp³-hybridized carbons (Fsp3) is 0.667. The van der Waals surface area contributed by atoms with Crippen molar-refractivity contribution in [2.45, 2.75) is 38.9 Å². The smallest absolute Gasteiger partial charge is 0.190 e. The average molecular weight is 505 g/mol. The summed E-state index contributed by atoms with van der Waals surface area (Å²) < 4.78 is 17.0. The van der Waals surface area contributed by atoms with E-state index in [-0.39, 0.29) is 24.0 Å². The van der Waals surface area contributed by atoms with Crippen LogP contribution in [-0.4, -0.2) is 58.6 Å². The molecule has 2 N–H and O–H groups in total. The molecular formula is C21H36IN3O3. The van der Waals surface area contributed by atoms with Gasteiger partial charge >= 0.3 is 0 Å². The summed E-state index contributed by atoms with van der Waals surface area (Å²) in [5.41, 5.74) is 1.21. The van der Waals surface area contributed by atoms with Gasteiger partial charge in [-0.1, -0.05) is 37.3 Å². The Bertz CT molecular complexity index is 525. The Morgan fingerprint density at radius 2 is 1.96 bits per heavy atom. The molecule has 1 saturated heterocycles. The van der Waals surface area contributed by atoms with Crippen LogP contribution in [0.5, 0.6) is 0 Å². The molecule has 0 amide bonds. The molecule has 0 saturated carbocycles. The van der Waals surface area contributed by atoms with Crippen LogP contribution in [0.4, 0.5) is 0 Å². The molecule has 1 aromatic carbocycles. The maximum absolute atomic E-state index is 5.88. The van der Waals surface area contributed by atoms with Gasteiger partial charge in [-0.05, 0) is 30.7 Å². The Morgan fingerprint density at radius 1 is 1.21 bits per heavy atom. The number of rotatable bonds is 11. The van der Waals surface area contributed by atoms with Gasteiger partial charge in [-0.3, -0.25) is 4.99 Å². The Kier molecular flexibility index (Phi) is 14.3. The Labute approximate surface area is 186 Å². The Morgan fingerprint density at radius 3 is 2.68 bits per heavy atom. The van der Waals surface area contributed by atoms with Gasteiger partial charge in [0.05, 0.1) is 19.3 Å². The number of benzene rings is 1. The highest BCUT2D eigenvalue weighted by atomic mass is 127. The van der Waals surface area contributed by atoms with E-state index >= 15 is 0 Å². The fourth-order valence-electron chi connectivity index (χ4n) is 2.87. The second-order valence-electron chi connectivity index (χ2n) is 7.02. The van der Waals surface area contributed by atoms with Crippen molar-refractivity contribution in [3.63, 3.8) is 0 Å². The van der Waals surface area contributed by atoms with Gasteiger partial charge in [0.15, 0.2) is 5.96 Å². The molecule has 1 unspecified atom stereocenters. The molecule has 0 aliphatic carbocycles. The van der Waals surface area contributed by atoms with E-state index in [1.165, 1.54) is 5.56 Å². The number of aliphatic imine (C=N–C) groups is 1. The van der Waals surface area contributed by atoms with Crippen molar-refractivity contribution in [3.05, 3.63) is 35.9 Å². The SMILES string of the molecule is CN=C(NCCCOC1CCOCC1)NCC(C)COCc1ccccc1.I. The van der Waals surface area contributed by atoms with E-state index in [1.54, 1.807) is 7.05 Å². The summed E-state index contributed by atoms with van der Waals surface area (Å²) in [6.07, 6.45) is 3.36. The molecular weight excluding hydrogens is 469 g/mol. The van der Waals surface area contributed by atoms with E-state index in [9.17, 15) is 0 Å². The lowest BCUT2D eigenvalue weighted by Gasteiger charge is -2.22. The molecule has 6 nitrogen and oxygen atoms in total. The minimum atomic E-state index is 0. The van der Waals surface area contributed by atoms with Crippen molar-refractivity contribution in [2.75, 3.05) is 46.6 Å². The van der Waals surface area contributed by atoms with Crippen LogP contribution >= 0.6 is 24.0 Å². The van der Waals surface area contributed by atoms with E-state index in [0.717, 1.165) is 64.7 Å². The highest BCUT2D eigenvalue weighted by molar-refractivity contribution is 14.0. The van der Waals surface area contributed by atoms with Gasteiger partial charge in [0.1, 0.15) is 0 Å². The molecule has 1 atom stereocenters. The van der Waals surface area contributed by atoms with Crippen LogP contribution in [0.2, 0.25) is 0 Å². The highest BCUT2D eigenvalue weighted by Crippen LogP contribution is 2.10.